The van der Waals surface area contributed by atoms with Crippen LogP contribution in [-0.2, 0) is 16.0 Å². The third kappa shape index (κ3) is 3.55. The van der Waals surface area contributed by atoms with Crippen molar-refractivity contribution >= 4 is 28.5 Å². The Morgan fingerprint density at radius 3 is 2.68 bits per heavy atom. The van der Waals surface area contributed by atoms with Crippen molar-refractivity contribution in [2.24, 2.45) is 0 Å². The molecule has 0 unspecified atom stereocenters. The van der Waals surface area contributed by atoms with E-state index >= 15 is 0 Å². The van der Waals surface area contributed by atoms with Crippen LogP contribution >= 0.6 is 11.6 Å². The van der Waals surface area contributed by atoms with Crippen LogP contribution in [0.15, 0.2) is 51.7 Å². The van der Waals surface area contributed by atoms with Gasteiger partial charge in [-0.25, -0.2) is 4.79 Å². The van der Waals surface area contributed by atoms with Crippen LogP contribution < -0.4 is 10.2 Å². The average molecular weight is 399 g/mol. The van der Waals surface area contributed by atoms with Gasteiger partial charge in [-0.15, -0.1) is 0 Å². The van der Waals surface area contributed by atoms with Gasteiger partial charge in [-0.05, 0) is 61.2 Å². The molecule has 4 rings (SSSR count). The largest absolute Gasteiger partial charge is 0.452 e. The number of carbonyl (C=O) groups is 1. The Kier molecular flexibility index (Phi) is 5.20. The van der Waals surface area contributed by atoms with Crippen molar-refractivity contribution < 1.29 is 18.7 Å². The zero-order chi connectivity index (χ0) is 19.7. The van der Waals surface area contributed by atoms with Crippen LogP contribution in [0.3, 0.4) is 0 Å². The van der Waals surface area contributed by atoms with Crippen molar-refractivity contribution in [1.82, 2.24) is 0 Å². The Labute approximate surface area is 166 Å². The first-order valence-electron chi connectivity index (χ1n) is 9.26. The molecule has 1 fully saturated rings. The van der Waals surface area contributed by atoms with Crippen molar-refractivity contribution in [3.8, 4) is 17.1 Å². The number of hydrogen-bond donors (Lipinski definition) is 0. The van der Waals surface area contributed by atoms with E-state index in [1.165, 1.54) is 0 Å². The molecule has 1 saturated heterocycles. The van der Waals surface area contributed by atoms with Crippen LogP contribution in [0.4, 0.5) is 0 Å². The number of hydrogen-bond acceptors (Lipinski definition) is 5. The van der Waals surface area contributed by atoms with Crippen LogP contribution in [-0.4, -0.2) is 18.7 Å². The highest BCUT2D eigenvalue weighted by Crippen LogP contribution is 2.32. The molecule has 1 aromatic heterocycles. The lowest BCUT2D eigenvalue weighted by Gasteiger charge is -2.13. The summed E-state index contributed by atoms with van der Waals surface area (Å²) in [4.78, 5) is 25.7. The minimum atomic E-state index is -0.657. The monoisotopic (exact) mass is 398 g/mol. The number of ether oxygens (including phenoxy) is 2. The number of fused-ring (bicyclic) bond motifs is 1. The molecule has 1 atom stereocenters. The summed E-state index contributed by atoms with van der Waals surface area (Å²) in [5, 5.41) is 0.935. The van der Waals surface area contributed by atoms with Gasteiger partial charge in [0, 0.05) is 17.2 Å². The molecule has 0 N–H and O–H groups in total. The SMILES string of the molecule is CCc1ccc2oc(-c3ccc(Cl)cc3)c(OC(=O)[C@H]3CCCO3)c(=O)c2c1. The number of halogens is 1. The molecule has 0 spiro atoms. The van der Waals surface area contributed by atoms with Crippen LogP contribution in [0, 0.1) is 0 Å². The Bertz CT molecular complexity index is 1080. The molecule has 144 valence electrons. The third-order valence-corrected chi connectivity index (χ3v) is 5.07. The summed E-state index contributed by atoms with van der Waals surface area (Å²) in [5.41, 5.74) is 1.64. The average Bonchev–Trinajstić information content (AvgIpc) is 3.25. The van der Waals surface area contributed by atoms with E-state index in [4.69, 9.17) is 25.5 Å². The van der Waals surface area contributed by atoms with Gasteiger partial charge in [0.1, 0.15) is 5.58 Å². The lowest BCUT2D eigenvalue weighted by molar-refractivity contribution is -0.144. The van der Waals surface area contributed by atoms with E-state index in [0.29, 0.717) is 34.6 Å². The number of rotatable bonds is 4. The highest BCUT2D eigenvalue weighted by atomic mass is 35.5. The van der Waals surface area contributed by atoms with E-state index in [0.717, 1.165) is 18.4 Å². The van der Waals surface area contributed by atoms with Crippen molar-refractivity contribution in [1.29, 1.82) is 0 Å². The molecule has 1 aliphatic rings. The van der Waals surface area contributed by atoms with Crippen LogP contribution in [0.1, 0.15) is 25.3 Å². The number of carbonyl (C=O) groups excluding carboxylic acids is 1. The lowest BCUT2D eigenvalue weighted by atomic mass is 10.1. The van der Waals surface area contributed by atoms with E-state index in [1.54, 1.807) is 36.4 Å². The molecule has 6 heteroatoms. The highest BCUT2D eigenvalue weighted by Gasteiger charge is 2.28. The fourth-order valence-corrected chi connectivity index (χ4v) is 3.39. The van der Waals surface area contributed by atoms with Gasteiger partial charge in [0.2, 0.25) is 11.2 Å². The molecule has 2 heterocycles. The van der Waals surface area contributed by atoms with Crippen LogP contribution in [0.2, 0.25) is 5.02 Å². The van der Waals surface area contributed by atoms with Crippen molar-refractivity contribution in [2.75, 3.05) is 6.61 Å². The summed E-state index contributed by atoms with van der Waals surface area (Å²) >= 11 is 5.97. The number of esters is 1. The van der Waals surface area contributed by atoms with E-state index in [2.05, 4.69) is 0 Å². The minimum Gasteiger partial charge on any atom is -0.452 e. The zero-order valence-corrected chi connectivity index (χ0v) is 16.1. The quantitative estimate of drug-likeness (QED) is 0.593. The lowest BCUT2D eigenvalue weighted by Crippen LogP contribution is -2.27. The normalized spacial score (nSPS) is 16.4. The van der Waals surface area contributed by atoms with Gasteiger partial charge in [0.05, 0.1) is 5.39 Å². The van der Waals surface area contributed by atoms with Gasteiger partial charge in [0.15, 0.2) is 11.9 Å². The molecule has 0 amide bonds. The second-order valence-corrected chi connectivity index (χ2v) is 7.14. The standard InChI is InChI=1S/C22H19ClO5/c1-2-13-5-10-17-16(12-13)19(24)21(28-22(25)18-4-3-11-26-18)20(27-17)14-6-8-15(23)9-7-14/h5-10,12,18H,2-4,11H2,1H3/t18-/m1/s1. The summed E-state index contributed by atoms with van der Waals surface area (Å²) in [5.74, 6) is -0.501. The van der Waals surface area contributed by atoms with E-state index in [-0.39, 0.29) is 16.9 Å². The molecule has 0 radical (unpaired) electrons. The fraction of sp³-hybridized carbons (Fsp3) is 0.273. The summed E-state index contributed by atoms with van der Waals surface area (Å²) in [6, 6.07) is 12.3. The molecule has 28 heavy (non-hydrogen) atoms. The Balaban J connectivity index is 1.88. The summed E-state index contributed by atoms with van der Waals surface area (Å²) in [7, 11) is 0. The molecule has 3 aromatic rings. The van der Waals surface area contributed by atoms with Crippen molar-refractivity contribution in [2.45, 2.75) is 32.3 Å². The van der Waals surface area contributed by atoms with E-state index in [1.807, 2.05) is 13.0 Å². The van der Waals surface area contributed by atoms with Crippen LogP contribution in [0.5, 0.6) is 5.75 Å². The highest BCUT2D eigenvalue weighted by molar-refractivity contribution is 6.30. The first kappa shape index (κ1) is 18.7. The molecule has 1 aliphatic heterocycles. The molecule has 0 aliphatic carbocycles. The fourth-order valence-electron chi connectivity index (χ4n) is 3.26. The maximum absolute atomic E-state index is 13.2. The molecular weight excluding hydrogens is 380 g/mol. The van der Waals surface area contributed by atoms with Gasteiger partial charge in [-0.3, -0.25) is 4.79 Å². The first-order valence-corrected chi connectivity index (χ1v) is 9.63. The molecule has 0 bridgehead atoms. The Morgan fingerprint density at radius 1 is 1.21 bits per heavy atom. The van der Waals surface area contributed by atoms with Crippen LogP contribution in [0.25, 0.3) is 22.3 Å². The zero-order valence-electron chi connectivity index (χ0n) is 15.4. The molecule has 2 aromatic carbocycles. The van der Waals surface area contributed by atoms with E-state index < -0.39 is 12.1 Å². The van der Waals surface area contributed by atoms with Crippen molar-refractivity contribution in [3.05, 3.63) is 63.3 Å². The number of aryl methyl sites for hydroxylation is 1. The molecule has 5 nitrogen and oxygen atoms in total. The van der Waals surface area contributed by atoms with Gasteiger partial charge < -0.3 is 13.9 Å². The van der Waals surface area contributed by atoms with Gasteiger partial charge in [-0.2, -0.15) is 0 Å². The Morgan fingerprint density at radius 2 is 2.00 bits per heavy atom. The summed E-state index contributed by atoms with van der Waals surface area (Å²) in [6.45, 7) is 2.51. The predicted octanol–water partition coefficient (Wildman–Crippen LogP) is 4.76. The number of benzene rings is 2. The molecular formula is C22H19ClO5. The van der Waals surface area contributed by atoms with E-state index in [9.17, 15) is 9.59 Å². The first-order chi connectivity index (χ1) is 13.6. The minimum absolute atomic E-state index is 0.122. The van der Waals surface area contributed by atoms with Crippen molar-refractivity contribution in [3.63, 3.8) is 0 Å². The van der Waals surface area contributed by atoms with Gasteiger partial charge in [-0.1, -0.05) is 24.6 Å². The third-order valence-electron chi connectivity index (χ3n) is 4.82. The molecule has 0 saturated carbocycles. The smallest absolute Gasteiger partial charge is 0.340 e. The maximum Gasteiger partial charge on any atom is 0.340 e. The second-order valence-electron chi connectivity index (χ2n) is 6.70. The van der Waals surface area contributed by atoms with Gasteiger partial charge in [0.25, 0.3) is 0 Å². The topological polar surface area (TPSA) is 65.7 Å². The summed E-state index contributed by atoms with van der Waals surface area (Å²) < 4.78 is 16.9. The predicted molar refractivity (Wildman–Crippen MR) is 107 cm³/mol. The Hall–Kier alpha value is -2.63. The second kappa shape index (κ2) is 7.78. The maximum atomic E-state index is 13.2. The summed E-state index contributed by atoms with van der Waals surface area (Å²) in [6.07, 6.45) is 1.48. The van der Waals surface area contributed by atoms with Gasteiger partial charge >= 0.3 is 5.97 Å².